The summed E-state index contributed by atoms with van der Waals surface area (Å²) in [4.78, 5) is 7.73. The first-order chi connectivity index (χ1) is 19.3. The monoisotopic (exact) mass is 522 g/mol. The van der Waals surface area contributed by atoms with E-state index in [1.807, 2.05) is 54.6 Å². The van der Waals surface area contributed by atoms with Gasteiger partial charge in [0.1, 0.15) is 30.5 Å². The first kappa shape index (κ1) is 25.4. The smallest absolute Gasteiger partial charge is 0.119 e. The van der Waals surface area contributed by atoms with E-state index in [0.717, 1.165) is 61.0 Å². The minimum atomic E-state index is -0.0409. The van der Waals surface area contributed by atoms with E-state index in [0.29, 0.717) is 19.8 Å². The van der Waals surface area contributed by atoms with Crippen LogP contribution in [0, 0.1) is 0 Å². The van der Waals surface area contributed by atoms with Gasteiger partial charge in [-0.1, -0.05) is 48.5 Å². The van der Waals surface area contributed by atoms with E-state index in [4.69, 9.17) is 23.9 Å². The van der Waals surface area contributed by atoms with Gasteiger partial charge in [0.05, 0.1) is 25.5 Å². The Hall–Kier alpha value is -3.87. The summed E-state index contributed by atoms with van der Waals surface area (Å²) in [7, 11) is 1.66. The third-order valence-corrected chi connectivity index (χ3v) is 7.51. The molecule has 4 aromatic rings. The highest BCUT2D eigenvalue weighted by molar-refractivity contribution is 5.67. The SMILES string of the molecule is COc1ccc(OCC2Cc3c(-c4ccccc4)nc4c(c3CO2)CN(CCOc2ccccc2)CC4)cc1. The summed E-state index contributed by atoms with van der Waals surface area (Å²) in [6.07, 6.45) is 1.66. The van der Waals surface area contributed by atoms with Gasteiger partial charge >= 0.3 is 0 Å². The highest BCUT2D eigenvalue weighted by Crippen LogP contribution is 2.36. The highest BCUT2D eigenvalue weighted by atomic mass is 16.5. The number of benzene rings is 3. The van der Waals surface area contributed by atoms with Crippen LogP contribution in [0.1, 0.15) is 22.4 Å². The lowest BCUT2D eigenvalue weighted by Gasteiger charge is -2.34. The Morgan fingerprint density at radius 3 is 2.31 bits per heavy atom. The second-order valence-electron chi connectivity index (χ2n) is 10.0. The normalized spacial score (nSPS) is 16.7. The van der Waals surface area contributed by atoms with Crippen LogP contribution in [0.4, 0.5) is 0 Å². The third kappa shape index (κ3) is 5.92. The lowest BCUT2D eigenvalue weighted by molar-refractivity contribution is -0.00145. The fourth-order valence-electron chi connectivity index (χ4n) is 5.41. The van der Waals surface area contributed by atoms with Crippen molar-refractivity contribution in [2.24, 2.45) is 0 Å². The lowest BCUT2D eigenvalue weighted by atomic mass is 9.88. The van der Waals surface area contributed by atoms with Crippen molar-refractivity contribution in [1.82, 2.24) is 9.88 Å². The molecule has 2 aliphatic heterocycles. The van der Waals surface area contributed by atoms with Crippen molar-refractivity contribution < 1.29 is 18.9 Å². The molecule has 2 aliphatic rings. The number of pyridine rings is 1. The topological polar surface area (TPSA) is 53.0 Å². The van der Waals surface area contributed by atoms with Crippen LogP contribution in [-0.2, 0) is 30.7 Å². The molecule has 0 radical (unpaired) electrons. The van der Waals surface area contributed by atoms with E-state index in [2.05, 4.69) is 35.2 Å². The number of hydrogen-bond acceptors (Lipinski definition) is 6. The van der Waals surface area contributed by atoms with Gasteiger partial charge in [-0.05, 0) is 53.1 Å². The summed E-state index contributed by atoms with van der Waals surface area (Å²) in [5.41, 5.74) is 7.36. The first-order valence-electron chi connectivity index (χ1n) is 13.6. The van der Waals surface area contributed by atoms with Crippen LogP contribution < -0.4 is 14.2 Å². The number of methoxy groups -OCH3 is 1. The average Bonchev–Trinajstić information content (AvgIpc) is 3.01. The number of ether oxygens (including phenoxy) is 4. The predicted molar refractivity (Wildman–Crippen MR) is 151 cm³/mol. The summed E-state index contributed by atoms with van der Waals surface area (Å²) in [6.45, 7) is 4.45. The van der Waals surface area contributed by atoms with Crippen LogP contribution in [0.3, 0.4) is 0 Å². The molecule has 39 heavy (non-hydrogen) atoms. The maximum absolute atomic E-state index is 6.38. The molecule has 0 aliphatic carbocycles. The van der Waals surface area contributed by atoms with E-state index in [1.54, 1.807) is 7.11 Å². The predicted octanol–water partition coefficient (Wildman–Crippen LogP) is 5.71. The Labute approximate surface area is 230 Å². The number of aromatic nitrogens is 1. The Balaban J connectivity index is 1.20. The molecule has 0 saturated carbocycles. The van der Waals surface area contributed by atoms with Gasteiger partial charge in [0.2, 0.25) is 0 Å². The Kier molecular flexibility index (Phi) is 7.75. The molecule has 0 bridgehead atoms. The fraction of sp³-hybridized carbons (Fsp3) is 0.303. The minimum Gasteiger partial charge on any atom is -0.497 e. The van der Waals surface area contributed by atoms with Crippen LogP contribution in [0.15, 0.2) is 84.9 Å². The fourth-order valence-corrected chi connectivity index (χ4v) is 5.41. The van der Waals surface area contributed by atoms with Gasteiger partial charge in [0, 0.05) is 43.7 Å². The molecule has 6 heteroatoms. The molecule has 1 unspecified atom stereocenters. The Morgan fingerprint density at radius 1 is 0.821 bits per heavy atom. The molecule has 3 heterocycles. The molecule has 200 valence electrons. The van der Waals surface area contributed by atoms with Gasteiger partial charge < -0.3 is 18.9 Å². The van der Waals surface area contributed by atoms with E-state index < -0.39 is 0 Å². The van der Waals surface area contributed by atoms with Crippen molar-refractivity contribution in [3.8, 4) is 28.5 Å². The molecule has 0 fully saturated rings. The molecule has 1 aromatic heterocycles. The number of hydrogen-bond donors (Lipinski definition) is 0. The van der Waals surface area contributed by atoms with Gasteiger partial charge in [0.15, 0.2) is 0 Å². The Bertz CT molecular complexity index is 1380. The molecule has 3 aromatic carbocycles. The van der Waals surface area contributed by atoms with Crippen LogP contribution in [0.5, 0.6) is 17.2 Å². The first-order valence-corrected chi connectivity index (χ1v) is 13.6. The van der Waals surface area contributed by atoms with E-state index in [-0.39, 0.29) is 6.10 Å². The maximum Gasteiger partial charge on any atom is 0.119 e. The van der Waals surface area contributed by atoms with Crippen molar-refractivity contribution in [1.29, 1.82) is 0 Å². The quantitative estimate of drug-likeness (QED) is 0.281. The van der Waals surface area contributed by atoms with Crippen LogP contribution in [-0.4, -0.2) is 49.4 Å². The third-order valence-electron chi connectivity index (χ3n) is 7.51. The summed E-state index contributed by atoms with van der Waals surface area (Å²) < 4.78 is 23.7. The van der Waals surface area contributed by atoms with Crippen molar-refractivity contribution in [2.75, 3.05) is 33.4 Å². The highest BCUT2D eigenvalue weighted by Gasteiger charge is 2.30. The zero-order chi connectivity index (χ0) is 26.4. The number of fused-ring (bicyclic) bond motifs is 3. The zero-order valence-corrected chi connectivity index (χ0v) is 22.3. The largest absolute Gasteiger partial charge is 0.497 e. The van der Waals surface area contributed by atoms with E-state index >= 15 is 0 Å². The average molecular weight is 523 g/mol. The summed E-state index contributed by atoms with van der Waals surface area (Å²) in [5, 5.41) is 0. The van der Waals surface area contributed by atoms with E-state index in [1.165, 1.54) is 22.4 Å². The molecule has 0 saturated heterocycles. The molecular weight excluding hydrogens is 488 g/mol. The Morgan fingerprint density at radius 2 is 1.54 bits per heavy atom. The van der Waals surface area contributed by atoms with Gasteiger partial charge in [-0.2, -0.15) is 0 Å². The molecule has 0 spiro atoms. The molecule has 1 atom stereocenters. The summed E-state index contributed by atoms with van der Waals surface area (Å²) in [6, 6.07) is 28.2. The number of nitrogens with zero attached hydrogens (tertiary/aromatic N) is 2. The van der Waals surface area contributed by atoms with Crippen LogP contribution >= 0.6 is 0 Å². The standard InChI is InChI=1S/C33H34N2O4/c1-36-25-12-14-27(15-13-25)38-22-28-20-29-31(23-39-28)30-21-35(18-19-37-26-10-6-3-7-11-26)17-16-32(30)34-33(29)24-8-4-2-5-9-24/h2-15,28H,16-23H2,1H3. The van der Waals surface area contributed by atoms with Gasteiger partial charge in [-0.25, -0.2) is 0 Å². The van der Waals surface area contributed by atoms with Gasteiger partial charge in [0.25, 0.3) is 0 Å². The second-order valence-corrected chi connectivity index (χ2v) is 10.0. The summed E-state index contributed by atoms with van der Waals surface area (Å²) >= 11 is 0. The van der Waals surface area contributed by atoms with E-state index in [9.17, 15) is 0 Å². The number of para-hydroxylation sites is 1. The molecule has 0 N–H and O–H groups in total. The van der Waals surface area contributed by atoms with Crippen LogP contribution in [0.25, 0.3) is 11.3 Å². The van der Waals surface area contributed by atoms with Crippen molar-refractivity contribution >= 4 is 0 Å². The molecular formula is C33H34N2O4. The second kappa shape index (κ2) is 11.9. The van der Waals surface area contributed by atoms with Crippen molar-refractivity contribution in [3.63, 3.8) is 0 Å². The summed E-state index contributed by atoms with van der Waals surface area (Å²) in [5.74, 6) is 2.54. The van der Waals surface area contributed by atoms with Gasteiger partial charge in [-0.15, -0.1) is 0 Å². The van der Waals surface area contributed by atoms with Crippen molar-refractivity contribution in [2.45, 2.75) is 32.1 Å². The molecule has 6 nitrogen and oxygen atoms in total. The minimum absolute atomic E-state index is 0.0409. The lowest BCUT2D eigenvalue weighted by Crippen LogP contribution is -2.37. The van der Waals surface area contributed by atoms with Crippen LogP contribution in [0.2, 0.25) is 0 Å². The maximum atomic E-state index is 6.38. The number of rotatable bonds is 9. The molecule has 0 amide bonds. The molecule has 6 rings (SSSR count). The van der Waals surface area contributed by atoms with Gasteiger partial charge in [-0.3, -0.25) is 9.88 Å². The van der Waals surface area contributed by atoms with Crippen molar-refractivity contribution in [3.05, 3.63) is 107 Å². The zero-order valence-electron chi connectivity index (χ0n) is 22.3.